The molecule has 0 fully saturated rings. The number of imidazole rings is 1. The zero-order chi connectivity index (χ0) is 22.2. The molecule has 0 aliphatic heterocycles. The third-order valence-electron chi connectivity index (χ3n) is 6.29. The summed E-state index contributed by atoms with van der Waals surface area (Å²) in [5, 5.41) is 0. The van der Waals surface area contributed by atoms with Crippen LogP contribution in [0.25, 0.3) is 39.2 Å². The Balaban J connectivity index is 1.84. The van der Waals surface area contributed by atoms with Gasteiger partial charge in [0.1, 0.15) is 5.69 Å². The van der Waals surface area contributed by atoms with E-state index in [-0.39, 0.29) is 0 Å². The van der Waals surface area contributed by atoms with Crippen molar-refractivity contribution in [2.75, 3.05) is 0 Å². The number of aromatic nitrogens is 3. The Kier molecular flexibility index (Phi) is 5.10. The molecule has 2 heterocycles. The molecule has 0 spiro atoms. The number of fused-ring (bicyclic) bond motifs is 1. The highest BCUT2D eigenvalue weighted by Gasteiger charge is 2.29. The minimum atomic E-state index is 0.378. The van der Waals surface area contributed by atoms with E-state index in [1.807, 2.05) is 12.4 Å². The molecule has 3 heteroatoms. The molecule has 5 aromatic rings. The van der Waals surface area contributed by atoms with Gasteiger partial charge in [0.25, 0.3) is 5.82 Å². The smallest absolute Gasteiger partial charge is 0.264 e. The maximum Gasteiger partial charge on any atom is 0.296 e. The summed E-state index contributed by atoms with van der Waals surface area (Å²) in [5.41, 5.74) is 9.80. The van der Waals surface area contributed by atoms with Gasteiger partial charge >= 0.3 is 0 Å². The Labute approximate surface area is 189 Å². The van der Waals surface area contributed by atoms with Crippen LogP contribution in [0.15, 0.2) is 91.3 Å². The first-order valence-electron chi connectivity index (χ1n) is 11.2. The SMILES string of the molecule is Cc1ccncc1-c1n(-c2ccc(-c3ccccc3)cc2C(C)C)c2ccccc2[n+]1C. The van der Waals surface area contributed by atoms with Gasteiger partial charge in [0.2, 0.25) is 0 Å². The summed E-state index contributed by atoms with van der Waals surface area (Å²) < 4.78 is 4.69. The predicted octanol–water partition coefficient (Wildman–Crippen LogP) is 6.62. The van der Waals surface area contributed by atoms with Gasteiger partial charge in [-0.15, -0.1) is 0 Å². The van der Waals surface area contributed by atoms with Crippen molar-refractivity contribution in [2.24, 2.45) is 7.05 Å². The molecule has 5 rings (SSSR count). The molecule has 0 aliphatic carbocycles. The monoisotopic (exact) mass is 418 g/mol. The molecule has 0 amide bonds. The number of benzene rings is 3. The van der Waals surface area contributed by atoms with E-state index >= 15 is 0 Å². The normalized spacial score (nSPS) is 11.4. The molecule has 2 aromatic heterocycles. The van der Waals surface area contributed by atoms with Gasteiger partial charge in [-0.2, -0.15) is 4.57 Å². The Morgan fingerprint density at radius 3 is 2.34 bits per heavy atom. The van der Waals surface area contributed by atoms with Crippen molar-refractivity contribution in [3.05, 3.63) is 102 Å². The van der Waals surface area contributed by atoms with E-state index in [1.54, 1.807) is 0 Å². The second kappa shape index (κ2) is 8.08. The molecular formula is C29H28N3+. The average molecular weight is 419 g/mol. The Morgan fingerprint density at radius 1 is 0.844 bits per heavy atom. The lowest BCUT2D eigenvalue weighted by Crippen LogP contribution is -2.30. The van der Waals surface area contributed by atoms with E-state index < -0.39 is 0 Å². The molecule has 0 bridgehead atoms. The van der Waals surface area contributed by atoms with Gasteiger partial charge in [-0.3, -0.25) is 4.98 Å². The summed E-state index contributed by atoms with van der Waals surface area (Å²) in [4.78, 5) is 4.45. The van der Waals surface area contributed by atoms with E-state index in [0.29, 0.717) is 5.92 Å². The molecule has 158 valence electrons. The fraction of sp³-hybridized carbons (Fsp3) is 0.172. The highest BCUT2D eigenvalue weighted by Crippen LogP contribution is 2.34. The minimum Gasteiger partial charge on any atom is -0.264 e. The molecule has 32 heavy (non-hydrogen) atoms. The van der Waals surface area contributed by atoms with Gasteiger partial charge in [0.05, 0.1) is 12.6 Å². The first-order chi connectivity index (χ1) is 15.6. The molecular weight excluding hydrogens is 390 g/mol. The molecule has 0 unspecified atom stereocenters. The fourth-order valence-corrected chi connectivity index (χ4v) is 4.59. The fourth-order valence-electron chi connectivity index (χ4n) is 4.59. The summed E-state index contributed by atoms with van der Waals surface area (Å²) in [6.45, 7) is 6.70. The van der Waals surface area contributed by atoms with E-state index in [9.17, 15) is 0 Å². The molecule has 0 saturated heterocycles. The maximum absolute atomic E-state index is 4.45. The second-order valence-electron chi connectivity index (χ2n) is 8.69. The Morgan fingerprint density at radius 2 is 1.59 bits per heavy atom. The van der Waals surface area contributed by atoms with Crippen molar-refractivity contribution in [3.8, 4) is 28.2 Å². The van der Waals surface area contributed by atoms with Crippen LogP contribution >= 0.6 is 0 Å². The topological polar surface area (TPSA) is 21.7 Å². The van der Waals surface area contributed by atoms with E-state index in [0.717, 1.165) is 11.4 Å². The molecule has 0 aliphatic rings. The highest BCUT2D eigenvalue weighted by molar-refractivity contribution is 5.80. The minimum absolute atomic E-state index is 0.378. The van der Waals surface area contributed by atoms with Gasteiger partial charge in [-0.1, -0.05) is 62.4 Å². The average Bonchev–Trinajstić information content (AvgIpc) is 3.12. The van der Waals surface area contributed by atoms with Crippen molar-refractivity contribution in [2.45, 2.75) is 26.7 Å². The molecule has 0 N–H and O–H groups in total. The van der Waals surface area contributed by atoms with E-state index in [4.69, 9.17) is 0 Å². The molecule has 3 nitrogen and oxygen atoms in total. The van der Waals surface area contributed by atoms with E-state index in [2.05, 4.69) is 121 Å². The third kappa shape index (κ3) is 3.31. The number of aryl methyl sites for hydroxylation is 2. The van der Waals surface area contributed by atoms with Crippen molar-refractivity contribution < 1.29 is 4.57 Å². The summed E-state index contributed by atoms with van der Waals surface area (Å²) in [7, 11) is 2.15. The Bertz CT molecular complexity index is 1410. The molecule has 3 aromatic carbocycles. The largest absolute Gasteiger partial charge is 0.296 e. The number of nitrogens with zero attached hydrogens (tertiary/aromatic N) is 3. The Hall–Kier alpha value is -3.72. The lowest BCUT2D eigenvalue weighted by atomic mass is 9.95. The molecule has 0 atom stereocenters. The van der Waals surface area contributed by atoms with Crippen molar-refractivity contribution in [1.29, 1.82) is 0 Å². The second-order valence-corrected chi connectivity index (χ2v) is 8.69. The highest BCUT2D eigenvalue weighted by atomic mass is 15.2. The summed E-state index contributed by atoms with van der Waals surface area (Å²) in [6, 6.07) is 28.2. The van der Waals surface area contributed by atoms with Crippen molar-refractivity contribution in [1.82, 2.24) is 9.55 Å². The number of hydrogen-bond acceptors (Lipinski definition) is 1. The quantitative estimate of drug-likeness (QED) is 0.301. The molecule has 0 saturated carbocycles. The first-order valence-corrected chi connectivity index (χ1v) is 11.2. The van der Waals surface area contributed by atoms with Crippen LogP contribution in [-0.4, -0.2) is 9.55 Å². The van der Waals surface area contributed by atoms with E-state index in [1.165, 1.54) is 39.0 Å². The van der Waals surface area contributed by atoms with Gasteiger partial charge in [0.15, 0.2) is 11.0 Å². The van der Waals surface area contributed by atoms with Crippen LogP contribution in [0, 0.1) is 6.92 Å². The molecule has 0 radical (unpaired) electrons. The lowest BCUT2D eigenvalue weighted by molar-refractivity contribution is -0.633. The predicted molar refractivity (Wildman–Crippen MR) is 132 cm³/mol. The summed E-state index contributed by atoms with van der Waals surface area (Å²) in [5.74, 6) is 1.52. The van der Waals surface area contributed by atoms with Crippen LogP contribution in [0.3, 0.4) is 0 Å². The standard InChI is InChI=1S/C29H28N3/c1-20(2)24-18-23(22-10-6-5-7-11-22)14-15-26(24)32-28-13-9-8-12-27(28)31(4)29(32)25-19-30-17-16-21(25)3/h5-20H,1-4H3/q+1. The van der Waals surface area contributed by atoms with Crippen LogP contribution in [0.1, 0.15) is 30.9 Å². The van der Waals surface area contributed by atoms with Gasteiger partial charge < -0.3 is 0 Å². The van der Waals surface area contributed by atoms with Crippen molar-refractivity contribution in [3.63, 3.8) is 0 Å². The van der Waals surface area contributed by atoms with Crippen LogP contribution < -0.4 is 4.57 Å². The number of rotatable bonds is 4. The number of para-hydroxylation sites is 2. The van der Waals surface area contributed by atoms with Gasteiger partial charge in [-0.25, -0.2) is 4.57 Å². The van der Waals surface area contributed by atoms with Gasteiger partial charge in [-0.05, 0) is 59.9 Å². The lowest BCUT2D eigenvalue weighted by Gasteiger charge is -2.15. The first kappa shape index (κ1) is 20.2. The maximum atomic E-state index is 4.45. The van der Waals surface area contributed by atoms with Gasteiger partial charge in [0, 0.05) is 18.0 Å². The summed E-state index contributed by atoms with van der Waals surface area (Å²) in [6.07, 6.45) is 3.84. The zero-order valence-electron chi connectivity index (χ0n) is 19.1. The van der Waals surface area contributed by atoms with Crippen LogP contribution in [0.2, 0.25) is 0 Å². The summed E-state index contributed by atoms with van der Waals surface area (Å²) >= 11 is 0. The van der Waals surface area contributed by atoms with Crippen LogP contribution in [0.4, 0.5) is 0 Å². The number of pyridine rings is 1. The number of hydrogen-bond donors (Lipinski definition) is 0. The third-order valence-corrected chi connectivity index (χ3v) is 6.29. The van der Waals surface area contributed by atoms with Crippen LogP contribution in [0.5, 0.6) is 0 Å². The zero-order valence-corrected chi connectivity index (χ0v) is 19.1. The van der Waals surface area contributed by atoms with Crippen LogP contribution in [-0.2, 0) is 7.05 Å². The van der Waals surface area contributed by atoms with Crippen molar-refractivity contribution >= 4 is 11.0 Å².